The van der Waals surface area contributed by atoms with Gasteiger partial charge >= 0.3 is 0 Å². The summed E-state index contributed by atoms with van der Waals surface area (Å²) in [6.45, 7) is 4.38. The van der Waals surface area contributed by atoms with Crippen molar-refractivity contribution in [3.63, 3.8) is 0 Å². The van der Waals surface area contributed by atoms with Crippen LogP contribution in [0.2, 0.25) is 0 Å². The van der Waals surface area contributed by atoms with Crippen molar-refractivity contribution >= 4 is 21.8 Å². The fourth-order valence-corrected chi connectivity index (χ4v) is 5.48. The highest BCUT2D eigenvalue weighted by Crippen LogP contribution is 2.25. The van der Waals surface area contributed by atoms with Crippen molar-refractivity contribution in [2.24, 2.45) is 0 Å². The quantitative estimate of drug-likeness (QED) is 0.477. The number of fused-ring (bicyclic) bond motifs is 1. The lowest BCUT2D eigenvalue weighted by Crippen LogP contribution is -2.46. The van der Waals surface area contributed by atoms with Gasteiger partial charge in [-0.3, -0.25) is 19.4 Å². The van der Waals surface area contributed by atoms with E-state index in [-0.39, 0.29) is 24.2 Å². The molecule has 0 unspecified atom stereocenters. The number of carbonyl (C=O) groups excluding carboxylic acids is 2. The molecule has 1 N–H and O–H groups in total. The molecule has 3 aliphatic rings. The Morgan fingerprint density at radius 3 is 2.75 bits per heavy atom. The zero-order valence-electron chi connectivity index (χ0n) is 16.3. The second kappa shape index (κ2) is 9.49. The normalized spacial score (nSPS) is 28.8. The van der Waals surface area contributed by atoms with E-state index in [2.05, 4.69) is 5.32 Å². The number of sulfonamides is 1. The average Bonchev–Trinajstić information content (AvgIpc) is 3.03. The molecule has 0 radical (unpaired) electrons. The first-order chi connectivity index (χ1) is 13.4. The minimum Gasteiger partial charge on any atom is -0.385 e. The van der Waals surface area contributed by atoms with Crippen LogP contribution in [0, 0.1) is 0 Å². The molecule has 160 valence electrons. The summed E-state index contributed by atoms with van der Waals surface area (Å²) in [5, 5.41) is 3.01. The van der Waals surface area contributed by atoms with Gasteiger partial charge in [0.1, 0.15) is 0 Å². The highest BCUT2D eigenvalue weighted by Gasteiger charge is 2.45. The molecule has 3 aliphatic heterocycles. The number of amides is 2. The Balaban J connectivity index is 1.57. The molecule has 2 atom stereocenters. The average molecular weight is 419 g/mol. The SMILES string of the molecule is COCCCN1C(=O)[C@@H]2C[C@H](NC(=O)CN3CCOCC3)CN2CCS1(=O)=O. The minimum atomic E-state index is -3.61. The molecule has 3 heterocycles. The number of rotatable bonds is 7. The Morgan fingerprint density at radius 2 is 2.04 bits per heavy atom. The third-order valence-corrected chi connectivity index (χ3v) is 7.18. The molecule has 0 saturated carbocycles. The summed E-state index contributed by atoms with van der Waals surface area (Å²) >= 11 is 0. The summed E-state index contributed by atoms with van der Waals surface area (Å²) in [6.07, 6.45) is 0.901. The molecule has 0 aromatic carbocycles. The number of morpholine rings is 1. The van der Waals surface area contributed by atoms with Gasteiger partial charge in [0.15, 0.2) is 0 Å². The van der Waals surface area contributed by atoms with Gasteiger partial charge in [-0.15, -0.1) is 0 Å². The molecule has 28 heavy (non-hydrogen) atoms. The first-order valence-electron chi connectivity index (χ1n) is 9.77. The Morgan fingerprint density at radius 1 is 1.29 bits per heavy atom. The molecule has 0 spiro atoms. The van der Waals surface area contributed by atoms with Crippen LogP contribution in [0.25, 0.3) is 0 Å². The van der Waals surface area contributed by atoms with Gasteiger partial charge in [-0.1, -0.05) is 0 Å². The minimum absolute atomic E-state index is 0.0680. The molecular weight excluding hydrogens is 388 g/mol. The van der Waals surface area contributed by atoms with E-state index >= 15 is 0 Å². The molecule has 0 bridgehead atoms. The first kappa shape index (κ1) is 21.4. The maximum Gasteiger partial charge on any atom is 0.253 e. The van der Waals surface area contributed by atoms with Crippen molar-refractivity contribution in [1.82, 2.24) is 19.4 Å². The third-order valence-electron chi connectivity index (χ3n) is 5.45. The largest absolute Gasteiger partial charge is 0.385 e. The molecule has 11 heteroatoms. The van der Waals surface area contributed by atoms with Gasteiger partial charge in [0.25, 0.3) is 5.91 Å². The van der Waals surface area contributed by atoms with Crippen molar-refractivity contribution in [3.8, 4) is 0 Å². The highest BCUT2D eigenvalue weighted by molar-refractivity contribution is 7.89. The smallest absolute Gasteiger partial charge is 0.253 e. The van der Waals surface area contributed by atoms with Crippen molar-refractivity contribution in [1.29, 1.82) is 0 Å². The van der Waals surface area contributed by atoms with Gasteiger partial charge in [-0.2, -0.15) is 0 Å². The summed E-state index contributed by atoms with van der Waals surface area (Å²) < 4.78 is 36.2. The summed E-state index contributed by atoms with van der Waals surface area (Å²) in [5.74, 6) is -0.545. The van der Waals surface area contributed by atoms with Crippen LogP contribution >= 0.6 is 0 Å². The van der Waals surface area contributed by atoms with Gasteiger partial charge < -0.3 is 14.8 Å². The zero-order chi connectivity index (χ0) is 20.1. The van der Waals surface area contributed by atoms with Crippen LogP contribution in [0.3, 0.4) is 0 Å². The van der Waals surface area contributed by atoms with Gasteiger partial charge in [0.05, 0.1) is 31.6 Å². The van der Waals surface area contributed by atoms with Crippen LogP contribution in [0.1, 0.15) is 12.8 Å². The molecule has 3 fully saturated rings. The highest BCUT2D eigenvalue weighted by atomic mass is 32.2. The second-order valence-corrected chi connectivity index (χ2v) is 9.48. The predicted octanol–water partition coefficient (Wildman–Crippen LogP) is -1.91. The van der Waals surface area contributed by atoms with Crippen LogP contribution in [0.5, 0.6) is 0 Å². The topological polar surface area (TPSA) is 108 Å². The van der Waals surface area contributed by atoms with E-state index in [1.54, 1.807) is 7.11 Å². The van der Waals surface area contributed by atoms with Crippen LogP contribution in [0.4, 0.5) is 0 Å². The van der Waals surface area contributed by atoms with Gasteiger partial charge in [-0.05, 0) is 12.8 Å². The molecular formula is C17H30N4O6S. The molecule has 3 saturated heterocycles. The number of nitrogens with one attached hydrogen (secondary N) is 1. The lowest BCUT2D eigenvalue weighted by Gasteiger charge is -2.26. The van der Waals surface area contributed by atoms with Crippen LogP contribution < -0.4 is 5.32 Å². The molecule has 0 aliphatic carbocycles. The van der Waals surface area contributed by atoms with E-state index in [4.69, 9.17) is 9.47 Å². The number of ether oxygens (including phenoxy) is 2. The fourth-order valence-electron chi connectivity index (χ4n) is 4.00. The predicted molar refractivity (Wildman–Crippen MR) is 101 cm³/mol. The summed E-state index contributed by atoms with van der Waals surface area (Å²) in [4.78, 5) is 29.2. The van der Waals surface area contributed by atoms with Gasteiger partial charge in [-0.25, -0.2) is 12.7 Å². The summed E-state index contributed by atoms with van der Waals surface area (Å²) in [6, 6.07) is -0.655. The van der Waals surface area contributed by atoms with E-state index in [1.165, 1.54) is 0 Å². The van der Waals surface area contributed by atoms with Gasteiger partial charge in [0, 0.05) is 52.5 Å². The fraction of sp³-hybridized carbons (Fsp3) is 0.882. The Hall–Kier alpha value is -1.27. The molecule has 0 aromatic heterocycles. The number of methoxy groups -OCH3 is 1. The maximum atomic E-state index is 12.9. The number of hydrogen-bond donors (Lipinski definition) is 1. The van der Waals surface area contributed by atoms with Crippen molar-refractivity contribution in [3.05, 3.63) is 0 Å². The van der Waals surface area contributed by atoms with E-state index in [0.29, 0.717) is 52.3 Å². The standard InChI is InChI=1S/C17H30N4O6S/c1-26-7-2-3-21-17(23)15-11-14(12-20(15)6-10-28(21,24)25)18-16(22)13-19-4-8-27-9-5-19/h14-15H,2-13H2,1H3,(H,18,22)/t14-,15-/m0/s1. The second-order valence-electron chi connectivity index (χ2n) is 7.47. The molecule has 10 nitrogen and oxygen atoms in total. The third kappa shape index (κ3) is 5.20. The monoisotopic (exact) mass is 418 g/mol. The number of nitrogens with zero attached hydrogens (tertiary/aromatic N) is 3. The Bertz CT molecular complexity index is 667. The van der Waals surface area contributed by atoms with E-state index in [1.807, 2.05) is 9.80 Å². The van der Waals surface area contributed by atoms with Crippen LogP contribution in [-0.2, 0) is 29.1 Å². The zero-order valence-corrected chi connectivity index (χ0v) is 17.2. The van der Waals surface area contributed by atoms with Crippen molar-refractivity contribution < 1.29 is 27.5 Å². The van der Waals surface area contributed by atoms with Gasteiger partial charge in [0.2, 0.25) is 15.9 Å². The van der Waals surface area contributed by atoms with Crippen LogP contribution in [0.15, 0.2) is 0 Å². The van der Waals surface area contributed by atoms with Crippen molar-refractivity contribution in [2.75, 3.05) is 72.0 Å². The maximum absolute atomic E-state index is 12.9. The molecule has 2 amide bonds. The molecule has 3 rings (SSSR count). The number of hydrogen-bond acceptors (Lipinski definition) is 8. The summed E-state index contributed by atoms with van der Waals surface area (Å²) in [7, 11) is -2.07. The first-order valence-corrected chi connectivity index (χ1v) is 11.4. The lowest BCUT2D eigenvalue weighted by atomic mass is 10.1. The van der Waals surface area contributed by atoms with Crippen molar-refractivity contribution in [2.45, 2.75) is 24.9 Å². The van der Waals surface area contributed by atoms with E-state index in [0.717, 1.165) is 17.4 Å². The Kier molecular flexibility index (Phi) is 7.26. The van der Waals surface area contributed by atoms with E-state index in [9.17, 15) is 18.0 Å². The molecule has 0 aromatic rings. The van der Waals surface area contributed by atoms with E-state index < -0.39 is 22.0 Å². The lowest BCUT2D eigenvalue weighted by molar-refractivity contribution is -0.131. The van der Waals surface area contributed by atoms with Crippen LogP contribution in [-0.4, -0.2) is 118 Å². The summed E-state index contributed by atoms with van der Waals surface area (Å²) in [5.41, 5.74) is 0. The number of carbonyl (C=O) groups is 2. The Labute approximate surface area is 166 Å².